The van der Waals surface area contributed by atoms with E-state index in [1.807, 2.05) is 45.9 Å². The van der Waals surface area contributed by atoms with Crippen LogP contribution in [0.3, 0.4) is 0 Å². The first kappa shape index (κ1) is 18.5. The molecule has 0 bridgehead atoms. The van der Waals surface area contributed by atoms with Gasteiger partial charge in [0.05, 0.1) is 10.8 Å². The predicted octanol–water partition coefficient (Wildman–Crippen LogP) is 2.69. The van der Waals surface area contributed by atoms with Gasteiger partial charge in [-0.25, -0.2) is 0 Å². The van der Waals surface area contributed by atoms with Crippen molar-refractivity contribution in [2.75, 3.05) is 26.3 Å². The lowest BCUT2D eigenvalue weighted by Gasteiger charge is -2.33. The zero-order valence-electron chi connectivity index (χ0n) is 15.9. The largest absolute Gasteiger partial charge is 0.486 e. The minimum absolute atomic E-state index is 0.0322. The number of likely N-dealkylation sites (tertiary alicyclic amines) is 1. The van der Waals surface area contributed by atoms with Crippen molar-refractivity contribution in [1.82, 2.24) is 4.90 Å². The highest BCUT2D eigenvalue weighted by atomic mass is 16.6. The average Bonchev–Trinajstić information content (AvgIpc) is 3.07. The fourth-order valence-corrected chi connectivity index (χ4v) is 3.85. The molecule has 2 aliphatic heterocycles. The Morgan fingerprint density at radius 3 is 2.42 bits per heavy atom. The molecule has 0 aliphatic carbocycles. The molecule has 142 valence electrons. The molecule has 0 saturated carbocycles. The second-order valence-electron chi connectivity index (χ2n) is 8.08. The van der Waals surface area contributed by atoms with Crippen LogP contribution in [0.2, 0.25) is 0 Å². The van der Waals surface area contributed by atoms with E-state index in [0.29, 0.717) is 37.7 Å². The molecule has 1 atom stereocenters. The molecule has 0 spiro atoms. The van der Waals surface area contributed by atoms with Crippen molar-refractivity contribution in [2.45, 2.75) is 39.5 Å². The van der Waals surface area contributed by atoms with Gasteiger partial charge >= 0.3 is 5.97 Å². The van der Waals surface area contributed by atoms with Crippen molar-refractivity contribution in [3.8, 4) is 11.5 Å². The van der Waals surface area contributed by atoms with Gasteiger partial charge in [0, 0.05) is 13.1 Å². The molecule has 1 fully saturated rings. The second-order valence-corrected chi connectivity index (χ2v) is 8.08. The van der Waals surface area contributed by atoms with Gasteiger partial charge in [0.25, 0.3) is 0 Å². The fourth-order valence-electron chi connectivity index (χ4n) is 3.85. The maximum atomic E-state index is 13.2. The topological polar surface area (TPSA) is 76.1 Å². The summed E-state index contributed by atoms with van der Waals surface area (Å²) in [6.45, 7) is 9.31. The molecular formula is C20H27NO5. The molecule has 1 N–H and O–H groups in total. The molecule has 1 aromatic carbocycles. The summed E-state index contributed by atoms with van der Waals surface area (Å²) in [5.41, 5.74) is -0.802. The van der Waals surface area contributed by atoms with Crippen LogP contribution in [-0.2, 0) is 15.0 Å². The van der Waals surface area contributed by atoms with E-state index in [9.17, 15) is 14.7 Å². The molecule has 1 aromatic rings. The van der Waals surface area contributed by atoms with E-state index in [4.69, 9.17) is 9.47 Å². The molecule has 2 heterocycles. The number of carbonyl (C=O) groups excluding carboxylic acids is 1. The van der Waals surface area contributed by atoms with E-state index < -0.39 is 16.8 Å². The van der Waals surface area contributed by atoms with Gasteiger partial charge in [-0.05, 0) is 43.9 Å². The Balaban J connectivity index is 1.84. The molecule has 0 aromatic heterocycles. The van der Waals surface area contributed by atoms with Crippen LogP contribution in [0.15, 0.2) is 18.2 Å². The molecule has 3 rings (SSSR count). The monoisotopic (exact) mass is 361 g/mol. The van der Waals surface area contributed by atoms with Crippen molar-refractivity contribution in [3.05, 3.63) is 23.8 Å². The van der Waals surface area contributed by atoms with Gasteiger partial charge in [0.2, 0.25) is 5.91 Å². The molecule has 0 radical (unpaired) electrons. The van der Waals surface area contributed by atoms with Crippen LogP contribution < -0.4 is 9.47 Å². The Hall–Kier alpha value is -2.24. The first-order chi connectivity index (χ1) is 12.2. The van der Waals surface area contributed by atoms with Crippen molar-refractivity contribution in [1.29, 1.82) is 0 Å². The zero-order valence-corrected chi connectivity index (χ0v) is 15.9. The summed E-state index contributed by atoms with van der Waals surface area (Å²) in [7, 11) is 0. The molecule has 26 heavy (non-hydrogen) atoms. The third-order valence-corrected chi connectivity index (χ3v) is 5.92. The first-order valence-electron chi connectivity index (χ1n) is 9.11. The highest BCUT2D eigenvalue weighted by molar-refractivity contribution is 5.89. The predicted molar refractivity (Wildman–Crippen MR) is 96.6 cm³/mol. The van der Waals surface area contributed by atoms with Crippen LogP contribution >= 0.6 is 0 Å². The van der Waals surface area contributed by atoms with Gasteiger partial charge < -0.3 is 19.5 Å². The number of carboxylic acids is 1. The number of hydrogen-bond donors (Lipinski definition) is 1. The van der Waals surface area contributed by atoms with E-state index in [0.717, 1.165) is 5.56 Å². The highest BCUT2D eigenvalue weighted by Crippen LogP contribution is 2.41. The Morgan fingerprint density at radius 1 is 1.19 bits per heavy atom. The van der Waals surface area contributed by atoms with Gasteiger partial charge in [0.15, 0.2) is 11.5 Å². The maximum absolute atomic E-state index is 13.2. The van der Waals surface area contributed by atoms with E-state index >= 15 is 0 Å². The van der Waals surface area contributed by atoms with Gasteiger partial charge in [-0.1, -0.05) is 19.9 Å². The summed E-state index contributed by atoms with van der Waals surface area (Å²) in [6, 6.07) is 5.57. The Bertz CT molecular complexity index is 727. The summed E-state index contributed by atoms with van der Waals surface area (Å²) in [4.78, 5) is 26.8. The van der Waals surface area contributed by atoms with E-state index in [1.54, 1.807) is 4.90 Å². The normalized spacial score (nSPS) is 22.6. The molecule has 6 heteroatoms. The minimum atomic E-state index is -0.863. The molecule has 1 saturated heterocycles. The molecule has 2 aliphatic rings. The number of benzene rings is 1. The van der Waals surface area contributed by atoms with Crippen molar-refractivity contribution >= 4 is 11.9 Å². The van der Waals surface area contributed by atoms with Gasteiger partial charge in [-0.15, -0.1) is 0 Å². The van der Waals surface area contributed by atoms with Crippen LogP contribution in [0.25, 0.3) is 0 Å². The summed E-state index contributed by atoms with van der Waals surface area (Å²) in [5.74, 6) is 0.431. The third-order valence-electron chi connectivity index (χ3n) is 5.92. The summed E-state index contributed by atoms with van der Waals surface area (Å²) < 4.78 is 11.2. The molecular weight excluding hydrogens is 334 g/mol. The van der Waals surface area contributed by atoms with E-state index in [-0.39, 0.29) is 18.4 Å². The lowest BCUT2D eigenvalue weighted by molar-refractivity contribution is -0.151. The summed E-state index contributed by atoms with van der Waals surface area (Å²) in [6.07, 6.45) is 0.489. The van der Waals surface area contributed by atoms with Crippen LogP contribution in [-0.4, -0.2) is 48.2 Å². The van der Waals surface area contributed by atoms with Gasteiger partial charge in [-0.2, -0.15) is 0 Å². The lowest BCUT2D eigenvalue weighted by atomic mass is 9.76. The van der Waals surface area contributed by atoms with Crippen LogP contribution in [0.4, 0.5) is 0 Å². The van der Waals surface area contributed by atoms with Crippen LogP contribution in [0.5, 0.6) is 11.5 Å². The van der Waals surface area contributed by atoms with Gasteiger partial charge in [-0.3, -0.25) is 9.59 Å². The quantitative estimate of drug-likeness (QED) is 0.892. The van der Waals surface area contributed by atoms with E-state index in [2.05, 4.69) is 0 Å². The fraction of sp³-hybridized carbons (Fsp3) is 0.600. The Kier molecular flexibility index (Phi) is 4.63. The lowest BCUT2D eigenvalue weighted by Crippen LogP contribution is -2.45. The Morgan fingerprint density at radius 2 is 1.85 bits per heavy atom. The summed E-state index contributed by atoms with van der Waals surface area (Å²) in [5, 5.41) is 9.72. The highest BCUT2D eigenvalue weighted by Gasteiger charge is 2.50. The number of carboxylic acid groups (broad SMARTS) is 1. The zero-order chi connectivity index (χ0) is 19.1. The maximum Gasteiger partial charge on any atom is 0.311 e. The smallest absolute Gasteiger partial charge is 0.311 e. The number of amides is 1. The SMILES string of the molecule is CC(C)C1(C(=O)O)CCN(C(=O)C(C)(C)c2ccc3c(c2)OCCO3)C1. The number of carbonyl (C=O) groups is 2. The molecule has 1 amide bonds. The van der Waals surface area contributed by atoms with Crippen LogP contribution in [0, 0.1) is 11.3 Å². The number of fused-ring (bicyclic) bond motifs is 1. The third kappa shape index (κ3) is 2.91. The standard InChI is InChI=1S/C20H27NO5/c1-13(2)20(18(23)24)7-8-21(12-20)17(22)19(3,4)14-5-6-15-16(11-14)26-10-9-25-15/h5-6,11,13H,7-10,12H2,1-4H3,(H,23,24). The number of nitrogens with zero attached hydrogens (tertiary/aromatic N) is 1. The van der Waals surface area contributed by atoms with Crippen molar-refractivity contribution < 1.29 is 24.2 Å². The van der Waals surface area contributed by atoms with Gasteiger partial charge in [0.1, 0.15) is 13.2 Å². The second kappa shape index (κ2) is 6.49. The van der Waals surface area contributed by atoms with Crippen LogP contribution in [0.1, 0.15) is 39.7 Å². The van der Waals surface area contributed by atoms with Crippen molar-refractivity contribution in [2.24, 2.45) is 11.3 Å². The Labute approximate surface area is 154 Å². The summed E-state index contributed by atoms with van der Waals surface area (Å²) >= 11 is 0. The number of aliphatic carboxylic acids is 1. The van der Waals surface area contributed by atoms with Crippen molar-refractivity contribution in [3.63, 3.8) is 0 Å². The average molecular weight is 361 g/mol. The minimum Gasteiger partial charge on any atom is -0.486 e. The molecule has 6 nitrogen and oxygen atoms in total. The first-order valence-corrected chi connectivity index (χ1v) is 9.11. The number of ether oxygens (including phenoxy) is 2. The number of rotatable bonds is 4. The van der Waals surface area contributed by atoms with E-state index in [1.165, 1.54) is 0 Å². The number of hydrogen-bond acceptors (Lipinski definition) is 4. The molecule has 1 unspecified atom stereocenters.